The molecule has 16 heavy (non-hydrogen) atoms. The van der Waals surface area contributed by atoms with Crippen LogP contribution in [0.3, 0.4) is 0 Å². The summed E-state index contributed by atoms with van der Waals surface area (Å²) in [6, 6.07) is -0.392. The zero-order valence-corrected chi connectivity index (χ0v) is 10.1. The fraction of sp³-hybridized carbons (Fsp3) is 0.667. The maximum atomic E-state index is 11.4. The standard InChI is InChI=1S/C9H16N2O4S/c1-4-7-8(5-2)10-16(13,14)11-9(12)15-6-3/h1,8,10H,5-7H2,2-3H3,(H,11,12). The smallest absolute Gasteiger partial charge is 0.421 e. The van der Waals surface area contributed by atoms with Crippen molar-refractivity contribution >= 4 is 16.3 Å². The van der Waals surface area contributed by atoms with Gasteiger partial charge in [-0.15, -0.1) is 12.3 Å². The van der Waals surface area contributed by atoms with Gasteiger partial charge in [-0.2, -0.15) is 13.1 Å². The lowest BCUT2D eigenvalue weighted by molar-refractivity contribution is 0.158. The van der Waals surface area contributed by atoms with E-state index in [0.717, 1.165) is 0 Å². The molecule has 0 spiro atoms. The second-order valence-electron chi connectivity index (χ2n) is 2.96. The molecule has 1 amide bonds. The number of ether oxygens (including phenoxy) is 1. The van der Waals surface area contributed by atoms with Gasteiger partial charge in [0.2, 0.25) is 0 Å². The van der Waals surface area contributed by atoms with Gasteiger partial charge in [-0.1, -0.05) is 6.92 Å². The van der Waals surface area contributed by atoms with Gasteiger partial charge in [-0.3, -0.25) is 0 Å². The normalized spacial score (nSPS) is 12.6. The van der Waals surface area contributed by atoms with Gasteiger partial charge in [0.25, 0.3) is 0 Å². The van der Waals surface area contributed by atoms with Crippen molar-refractivity contribution in [3.63, 3.8) is 0 Å². The maximum absolute atomic E-state index is 11.4. The molecular formula is C9H16N2O4S. The molecule has 0 aliphatic heterocycles. The Morgan fingerprint density at radius 1 is 1.50 bits per heavy atom. The van der Waals surface area contributed by atoms with Crippen molar-refractivity contribution < 1.29 is 17.9 Å². The van der Waals surface area contributed by atoms with Gasteiger partial charge >= 0.3 is 16.3 Å². The monoisotopic (exact) mass is 248 g/mol. The molecule has 1 atom stereocenters. The zero-order chi connectivity index (χ0) is 12.6. The predicted octanol–water partition coefficient (Wildman–Crippen LogP) is 0.369. The van der Waals surface area contributed by atoms with Gasteiger partial charge < -0.3 is 4.74 Å². The topological polar surface area (TPSA) is 84.5 Å². The Morgan fingerprint density at radius 3 is 2.56 bits per heavy atom. The molecule has 0 fully saturated rings. The van der Waals surface area contributed by atoms with E-state index in [1.807, 2.05) is 0 Å². The van der Waals surface area contributed by atoms with Gasteiger partial charge in [0.15, 0.2) is 0 Å². The molecule has 0 rings (SSSR count). The summed E-state index contributed by atoms with van der Waals surface area (Å²) in [6.45, 7) is 3.46. The third-order valence-electron chi connectivity index (χ3n) is 1.67. The Kier molecular flexibility index (Phi) is 6.53. The minimum atomic E-state index is -3.91. The summed E-state index contributed by atoms with van der Waals surface area (Å²) < 4.78 is 31.1. The predicted molar refractivity (Wildman–Crippen MR) is 59.7 cm³/mol. The van der Waals surface area contributed by atoms with E-state index < -0.39 is 22.3 Å². The van der Waals surface area contributed by atoms with Crippen LogP contribution in [0.25, 0.3) is 0 Å². The molecule has 0 saturated heterocycles. The largest absolute Gasteiger partial charge is 0.449 e. The number of hydrogen-bond acceptors (Lipinski definition) is 4. The molecule has 0 aromatic heterocycles. The summed E-state index contributed by atoms with van der Waals surface area (Å²) >= 11 is 0. The molecular weight excluding hydrogens is 232 g/mol. The van der Waals surface area contributed by atoms with E-state index in [-0.39, 0.29) is 13.0 Å². The van der Waals surface area contributed by atoms with Crippen molar-refractivity contribution in [3.8, 4) is 12.3 Å². The van der Waals surface area contributed by atoms with Crippen LogP contribution in [0.5, 0.6) is 0 Å². The zero-order valence-electron chi connectivity index (χ0n) is 9.32. The number of carbonyl (C=O) groups excluding carboxylic acids is 1. The molecule has 92 valence electrons. The first-order chi connectivity index (χ1) is 7.45. The average molecular weight is 248 g/mol. The first-order valence-corrected chi connectivity index (χ1v) is 6.33. The molecule has 0 aromatic carbocycles. The van der Waals surface area contributed by atoms with Gasteiger partial charge in [-0.05, 0) is 13.3 Å². The fourth-order valence-electron chi connectivity index (χ4n) is 0.931. The van der Waals surface area contributed by atoms with Crippen LogP contribution in [0.4, 0.5) is 4.79 Å². The third kappa shape index (κ3) is 6.27. The third-order valence-corrected chi connectivity index (χ3v) is 2.75. The van der Waals surface area contributed by atoms with Gasteiger partial charge in [0.05, 0.1) is 6.61 Å². The van der Waals surface area contributed by atoms with Crippen LogP contribution in [0, 0.1) is 12.3 Å². The number of amides is 1. The van der Waals surface area contributed by atoms with E-state index in [1.165, 1.54) is 0 Å². The molecule has 1 unspecified atom stereocenters. The van der Waals surface area contributed by atoms with E-state index >= 15 is 0 Å². The van der Waals surface area contributed by atoms with Crippen molar-refractivity contribution in [1.82, 2.24) is 9.44 Å². The summed E-state index contributed by atoms with van der Waals surface area (Å²) in [4.78, 5) is 10.9. The Bertz CT molecular complexity index is 358. The summed E-state index contributed by atoms with van der Waals surface area (Å²) in [7, 11) is -3.91. The molecule has 7 heteroatoms. The van der Waals surface area contributed by atoms with Crippen LogP contribution in [-0.4, -0.2) is 27.2 Å². The average Bonchev–Trinajstić information content (AvgIpc) is 2.16. The highest BCUT2D eigenvalue weighted by atomic mass is 32.2. The Morgan fingerprint density at radius 2 is 2.12 bits per heavy atom. The summed E-state index contributed by atoms with van der Waals surface area (Å²) in [6.07, 6.45) is 4.87. The lowest BCUT2D eigenvalue weighted by Gasteiger charge is -2.14. The van der Waals surface area contributed by atoms with Crippen molar-refractivity contribution in [2.24, 2.45) is 0 Å². The lowest BCUT2D eigenvalue weighted by Crippen LogP contribution is -2.45. The van der Waals surface area contributed by atoms with Crippen molar-refractivity contribution in [2.45, 2.75) is 32.7 Å². The van der Waals surface area contributed by atoms with Crippen LogP contribution >= 0.6 is 0 Å². The highest BCUT2D eigenvalue weighted by Crippen LogP contribution is 1.98. The number of nitrogens with one attached hydrogen (secondary N) is 2. The second-order valence-corrected chi connectivity index (χ2v) is 4.40. The summed E-state index contributed by atoms with van der Waals surface area (Å²) in [5.41, 5.74) is 0. The van der Waals surface area contributed by atoms with E-state index in [4.69, 9.17) is 6.42 Å². The van der Waals surface area contributed by atoms with Crippen LogP contribution in [0.2, 0.25) is 0 Å². The minimum Gasteiger partial charge on any atom is -0.449 e. The summed E-state index contributed by atoms with van der Waals surface area (Å²) in [5, 5.41) is 0. The Balaban J connectivity index is 4.34. The first-order valence-electron chi connectivity index (χ1n) is 4.85. The molecule has 6 nitrogen and oxygen atoms in total. The summed E-state index contributed by atoms with van der Waals surface area (Å²) in [5.74, 6) is 2.35. The van der Waals surface area contributed by atoms with Gasteiger partial charge in [0, 0.05) is 12.5 Å². The molecule has 0 bridgehead atoms. The van der Waals surface area contributed by atoms with Crippen LogP contribution < -0.4 is 9.44 Å². The number of carbonyl (C=O) groups is 1. The SMILES string of the molecule is C#CCC(CC)NS(=O)(=O)NC(=O)OCC. The molecule has 0 aliphatic carbocycles. The Labute approximate surface area is 95.9 Å². The Hall–Kier alpha value is -1.26. The maximum Gasteiger partial charge on any atom is 0.421 e. The molecule has 0 heterocycles. The van der Waals surface area contributed by atoms with Crippen LogP contribution in [0.15, 0.2) is 0 Å². The molecule has 0 radical (unpaired) electrons. The van der Waals surface area contributed by atoms with Crippen molar-refractivity contribution in [3.05, 3.63) is 0 Å². The van der Waals surface area contributed by atoms with Crippen LogP contribution in [-0.2, 0) is 14.9 Å². The van der Waals surface area contributed by atoms with Crippen LogP contribution in [0.1, 0.15) is 26.7 Å². The van der Waals surface area contributed by atoms with Gasteiger partial charge in [0.1, 0.15) is 0 Å². The van der Waals surface area contributed by atoms with Crippen molar-refractivity contribution in [2.75, 3.05) is 6.61 Å². The van der Waals surface area contributed by atoms with Crippen molar-refractivity contribution in [1.29, 1.82) is 0 Å². The lowest BCUT2D eigenvalue weighted by atomic mass is 10.2. The minimum absolute atomic E-state index is 0.100. The molecule has 2 N–H and O–H groups in total. The molecule has 0 aromatic rings. The van der Waals surface area contributed by atoms with E-state index in [9.17, 15) is 13.2 Å². The number of hydrogen-bond donors (Lipinski definition) is 2. The number of terminal acetylenes is 1. The van der Waals surface area contributed by atoms with Gasteiger partial charge in [-0.25, -0.2) is 9.52 Å². The van der Waals surface area contributed by atoms with E-state index in [0.29, 0.717) is 6.42 Å². The highest BCUT2D eigenvalue weighted by molar-refractivity contribution is 7.88. The second kappa shape index (κ2) is 7.09. The highest BCUT2D eigenvalue weighted by Gasteiger charge is 2.18. The number of rotatable bonds is 6. The van der Waals surface area contributed by atoms with E-state index in [2.05, 4.69) is 15.4 Å². The fourth-order valence-corrected chi connectivity index (χ4v) is 1.96. The molecule has 0 saturated carbocycles. The first kappa shape index (κ1) is 14.7. The quantitative estimate of drug-likeness (QED) is 0.665. The molecule has 0 aliphatic rings. The van der Waals surface area contributed by atoms with E-state index in [1.54, 1.807) is 18.6 Å².